The minimum atomic E-state index is -0.550. The van der Waals surface area contributed by atoms with E-state index in [1.54, 1.807) is 18.9 Å². The van der Waals surface area contributed by atoms with Gasteiger partial charge >= 0.3 is 5.97 Å². The highest BCUT2D eigenvalue weighted by atomic mass is 16.5. The maximum Gasteiger partial charge on any atom is 0.360 e. The maximum atomic E-state index is 11.5. The third-order valence-electron chi connectivity index (χ3n) is 2.28. The molecule has 1 aromatic heterocycles. The molecule has 1 heterocycles. The third kappa shape index (κ3) is 3.76. The molecule has 1 rings (SSSR count). The summed E-state index contributed by atoms with van der Waals surface area (Å²) in [6.45, 7) is 4.54. The Morgan fingerprint density at radius 3 is 2.83 bits per heavy atom. The molecule has 0 fully saturated rings. The lowest BCUT2D eigenvalue weighted by Crippen LogP contribution is -2.31. The Morgan fingerprint density at radius 2 is 2.22 bits per heavy atom. The van der Waals surface area contributed by atoms with Crippen molar-refractivity contribution in [3.8, 4) is 0 Å². The van der Waals surface area contributed by atoms with E-state index in [4.69, 9.17) is 9.15 Å². The zero-order chi connectivity index (χ0) is 13.5. The number of likely N-dealkylation sites (N-methyl/N-ethyl adjacent to an activating group) is 1. The molecule has 0 bridgehead atoms. The Hall–Kier alpha value is -2.05. The zero-order valence-corrected chi connectivity index (χ0v) is 10.7. The van der Waals surface area contributed by atoms with E-state index in [1.807, 2.05) is 6.92 Å². The molecule has 1 N–H and O–H groups in total. The summed E-state index contributed by atoms with van der Waals surface area (Å²) in [4.78, 5) is 28.2. The number of amides is 1. The second kappa shape index (κ2) is 6.63. The summed E-state index contributed by atoms with van der Waals surface area (Å²) in [6, 6.07) is 0.121. The lowest BCUT2D eigenvalue weighted by atomic mass is 10.5. The summed E-state index contributed by atoms with van der Waals surface area (Å²) >= 11 is 0. The van der Waals surface area contributed by atoms with Crippen LogP contribution in [0.4, 0.5) is 6.01 Å². The van der Waals surface area contributed by atoms with Gasteiger partial charge in [-0.1, -0.05) is 0 Å². The topological polar surface area (TPSA) is 84.7 Å². The summed E-state index contributed by atoms with van der Waals surface area (Å²) in [5.41, 5.74) is 0.0793. The molecular weight excluding hydrogens is 238 g/mol. The van der Waals surface area contributed by atoms with Gasteiger partial charge in [0.05, 0.1) is 13.2 Å². The SMILES string of the molecule is CCOC(=O)c1coc(NCC(=O)N(C)CC)n1. The number of carbonyl (C=O) groups excluding carboxylic acids is 2. The number of rotatable bonds is 6. The molecule has 0 radical (unpaired) electrons. The van der Waals surface area contributed by atoms with Crippen molar-refractivity contribution in [2.24, 2.45) is 0 Å². The Bertz CT molecular complexity index is 416. The van der Waals surface area contributed by atoms with Crippen LogP contribution in [0.1, 0.15) is 24.3 Å². The van der Waals surface area contributed by atoms with E-state index in [0.717, 1.165) is 0 Å². The van der Waals surface area contributed by atoms with E-state index in [9.17, 15) is 9.59 Å². The largest absolute Gasteiger partial charge is 0.461 e. The maximum absolute atomic E-state index is 11.5. The standard InChI is InChI=1S/C11H17N3O4/c1-4-14(3)9(15)6-12-11-13-8(7-18-11)10(16)17-5-2/h7H,4-6H2,1-3H3,(H,12,13). The van der Waals surface area contributed by atoms with Crippen LogP contribution < -0.4 is 5.32 Å². The van der Waals surface area contributed by atoms with Gasteiger partial charge in [-0.05, 0) is 13.8 Å². The summed E-state index contributed by atoms with van der Waals surface area (Å²) in [5.74, 6) is -0.639. The van der Waals surface area contributed by atoms with E-state index >= 15 is 0 Å². The van der Waals surface area contributed by atoms with Crippen molar-refractivity contribution in [3.63, 3.8) is 0 Å². The monoisotopic (exact) mass is 255 g/mol. The van der Waals surface area contributed by atoms with Gasteiger partial charge in [-0.25, -0.2) is 4.79 Å². The van der Waals surface area contributed by atoms with Gasteiger partial charge in [-0.3, -0.25) is 4.79 Å². The zero-order valence-electron chi connectivity index (χ0n) is 10.7. The molecule has 7 nitrogen and oxygen atoms in total. The van der Waals surface area contributed by atoms with Crippen LogP contribution in [0.2, 0.25) is 0 Å². The van der Waals surface area contributed by atoms with E-state index in [2.05, 4.69) is 10.3 Å². The van der Waals surface area contributed by atoms with Crippen molar-refractivity contribution in [2.45, 2.75) is 13.8 Å². The van der Waals surface area contributed by atoms with Crippen LogP contribution in [-0.2, 0) is 9.53 Å². The number of hydrogen-bond acceptors (Lipinski definition) is 6. The van der Waals surface area contributed by atoms with Crippen LogP contribution in [0, 0.1) is 0 Å². The molecule has 0 saturated heterocycles. The van der Waals surface area contributed by atoms with Crippen LogP contribution in [0.25, 0.3) is 0 Å². The van der Waals surface area contributed by atoms with Gasteiger partial charge in [0.25, 0.3) is 6.01 Å². The molecule has 0 atom stereocenters. The predicted molar refractivity (Wildman–Crippen MR) is 64.3 cm³/mol. The van der Waals surface area contributed by atoms with Crippen LogP contribution in [-0.4, -0.2) is 48.5 Å². The molecule has 0 saturated carbocycles. The van der Waals surface area contributed by atoms with E-state index in [0.29, 0.717) is 6.54 Å². The molecule has 18 heavy (non-hydrogen) atoms. The number of hydrogen-bond donors (Lipinski definition) is 1. The second-order valence-electron chi connectivity index (χ2n) is 3.52. The molecule has 1 aromatic rings. The summed E-state index contributed by atoms with van der Waals surface area (Å²) in [7, 11) is 1.70. The first kappa shape index (κ1) is 14.0. The molecule has 0 unspecified atom stereocenters. The third-order valence-corrected chi connectivity index (χ3v) is 2.28. The van der Waals surface area contributed by atoms with E-state index in [1.165, 1.54) is 6.26 Å². The van der Waals surface area contributed by atoms with Gasteiger partial charge in [0.2, 0.25) is 5.91 Å². The van der Waals surface area contributed by atoms with Crippen molar-refractivity contribution in [2.75, 3.05) is 32.1 Å². The van der Waals surface area contributed by atoms with Crippen molar-refractivity contribution >= 4 is 17.9 Å². The Kier molecular flexibility index (Phi) is 5.16. The first-order valence-corrected chi connectivity index (χ1v) is 5.69. The number of carbonyl (C=O) groups is 2. The smallest absolute Gasteiger partial charge is 0.360 e. The average molecular weight is 255 g/mol. The first-order valence-electron chi connectivity index (χ1n) is 5.69. The molecule has 0 aliphatic heterocycles. The minimum absolute atomic E-state index is 0.0626. The highest BCUT2D eigenvalue weighted by molar-refractivity contribution is 5.87. The van der Waals surface area contributed by atoms with Gasteiger partial charge in [-0.15, -0.1) is 0 Å². The molecule has 7 heteroatoms. The van der Waals surface area contributed by atoms with Gasteiger partial charge < -0.3 is 19.4 Å². The van der Waals surface area contributed by atoms with Gasteiger partial charge in [0.1, 0.15) is 6.26 Å². The fourth-order valence-electron chi connectivity index (χ4n) is 1.12. The molecule has 0 aliphatic carbocycles. The van der Waals surface area contributed by atoms with Gasteiger partial charge in [0, 0.05) is 13.6 Å². The molecule has 0 aromatic carbocycles. The molecular formula is C11H17N3O4. The number of anilines is 1. The first-order chi connectivity index (χ1) is 8.58. The quantitative estimate of drug-likeness (QED) is 0.755. The van der Waals surface area contributed by atoms with Crippen LogP contribution in [0.5, 0.6) is 0 Å². The van der Waals surface area contributed by atoms with Crippen LogP contribution in [0.15, 0.2) is 10.7 Å². The Morgan fingerprint density at radius 1 is 1.50 bits per heavy atom. The summed E-state index contributed by atoms with van der Waals surface area (Å²) in [5, 5.41) is 2.70. The molecule has 0 spiro atoms. The lowest BCUT2D eigenvalue weighted by Gasteiger charge is -2.13. The second-order valence-corrected chi connectivity index (χ2v) is 3.52. The normalized spacial score (nSPS) is 9.94. The van der Waals surface area contributed by atoms with Crippen molar-refractivity contribution in [1.29, 1.82) is 0 Å². The average Bonchev–Trinajstić information content (AvgIpc) is 2.84. The van der Waals surface area contributed by atoms with Gasteiger partial charge in [-0.2, -0.15) is 4.98 Å². The summed E-state index contributed by atoms with van der Waals surface area (Å²) in [6.07, 6.45) is 1.19. The number of esters is 1. The number of nitrogens with one attached hydrogen (secondary N) is 1. The van der Waals surface area contributed by atoms with Crippen LogP contribution >= 0.6 is 0 Å². The molecule has 100 valence electrons. The number of ether oxygens (including phenoxy) is 1. The fraction of sp³-hybridized carbons (Fsp3) is 0.545. The highest BCUT2D eigenvalue weighted by Crippen LogP contribution is 2.08. The molecule has 1 amide bonds. The minimum Gasteiger partial charge on any atom is -0.461 e. The molecule has 0 aliphatic rings. The predicted octanol–water partition coefficient (Wildman–Crippen LogP) is 0.741. The number of aromatic nitrogens is 1. The van der Waals surface area contributed by atoms with Crippen molar-refractivity contribution < 1.29 is 18.7 Å². The Labute approximate surface area is 105 Å². The van der Waals surface area contributed by atoms with E-state index in [-0.39, 0.29) is 30.8 Å². The fourth-order valence-corrected chi connectivity index (χ4v) is 1.12. The Balaban J connectivity index is 2.49. The number of oxazole rings is 1. The van der Waals surface area contributed by atoms with Gasteiger partial charge in [0.15, 0.2) is 5.69 Å². The van der Waals surface area contributed by atoms with Crippen molar-refractivity contribution in [3.05, 3.63) is 12.0 Å². The lowest BCUT2D eigenvalue weighted by molar-refractivity contribution is -0.127. The number of nitrogens with zero attached hydrogens (tertiary/aromatic N) is 2. The van der Waals surface area contributed by atoms with E-state index < -0.39 is 5.97 Å². The highest BCUT2D eigenvalue weighted by Gasteiger charge is 2.14. The summed E-state index contributed by atoms with van der Waals surface area (Å²) < 4.78 is 9.76. The van der Waals surface area contributed by atoms with Crippen LogP contribution in [0.3, 0.4) is 0 Å². The van der Waals surface area contributed by atoms with Crippen molar-refractivity contribution in [1.82, 2.24) is 9.88 Å².